The molecule has 1 aromatic carbocycles. The van der Waals surface area contributed by atoms with Crippen molar-refractivity contribution in [3.63, 3.8) is 0 Å². The van der Waals surface area contributed by atoms with Crippen LogP contribution in [-0.2, 0) is 15.6 Å². The first-order valence-corrected chi connectivity index (χ1v) is 11.3. The molecule has 0 aromatic heterocycles. The fourth-order valence-corrected chi connectivity index (χ4v) is 2.87. The third-order valence-corrected chi connectivity index (χ3v) is 8.67. The van der Waals surface area contributed by atoms with Crippen molar-refractivity contribution >= 4 is 8.32 Å². The summed E-state index contributed by atoms with van der Waals surface area (Å²) in [6.45, 7) is 13.6. The molecule has 1 rings (SSSR count). The fraction of sp³-hybridized carbons (Fsp3) is 0.500. The van der Waals surface area contributed by atoms with Gasteiger partial charge in [0.1, 0.15) is 5.75 Å². The van der Waals surface area contributed by atoms with Crippen LogP contribution in [0.3, 0.4) is 0 Å². The van der Waals surface area contributed by atoms with Crippen molar-refractivity contribution in [3.05, 3.63) is 53.8 Å². The molecule has 0 atom stereocenters. The van der Waals surface area contributed by atoms with Gasteiger partial charge in [0.25, 0.3) is 0 Å². The molecule has 0 radical (unpaired) electrons. The second kappa shape index (κ2) is 9.09. The van der Waals surface area contributed by atoms with Crippen LogP contribution in [0.5, 0.6) is 5.75 Å². The van der Waals surface area contributed by atoms with Gasteiger partial charge in [-0.15, -0.1) is 0 Å². The van der Waals surface area contributed by atoms with Gasteiger partial charge >= 0.3 is 0 Å². The molecule has 0 saturated carbocycles. The van der Waals surface area contributed by atoms with Gasteiger partial charge in [-0.05, 0) is 61.3 Å². The van der Waals surface area contributed by atoms with Crippen LogP contribution < -0.4 is 4.74 Å². The van der Waals surface area contributed by atoms with E-state index in [9.17, 15) is 0 Å². The molecule has 0 amide bonds. The Morgan fingerprint density at radius 1 is 1.12 bits per heavy atom. The molecule has 0 saturated heterocycles. The molecule has 1 aromatic rings. The lowest BCUT2D eigenvalue weighted by Gasteiger charge is -2.36. The van der Waals surface area contributed by atoms with Gasteiger partial charge in [0.15, 0.2) is 6.79 Å². The number of allylic oxidation sites excluding steroid dienone is 3. The maximum Gasteiger partial charge on any atom is 0.250 e. The highest BCUT2D eigenvalue weighted by molar-refractivity contribution is 6.74. The summed E-state index contributed by atoms with van der Waals surface area (Å²) in [5.74, 6) is 1.78. The molecule has 0 fully saturated rings. The zero-order valence-corrected chi connectivity index (χ0v) is 17.2. The van der Waals surface area contributed by atoms with Crippen LogP contribution in [-0.4, -0.2) is 22.2 Å². The number of hydrogen-bond acceptors (Lipinski definition) is 3. The molecule has 0 bridgehead atoms. The fourth-order valence-electron chi connectivity index (χ4n) is 1.82. The average Bonchev–Trinajstić information content (AvgIpc) is 2.50. The Labute approximate surface area is 148 Å². The van der Waals surface area contributed by atoms with Gasteiger partial charge < -0.3 is 13.9 Å². The van der Waals surface area contributed by atoms with Gasteiger partial charge in [-0.25, -0.2) is 0 Å². The Morgan fingerprint density at radius 2 is 1.75 bits per heavy atom. The lowest BCUT2D eigenvalue weighted by Crippen LogP contribution is -2.40. The summed E-state index contributed by atoms with van der Waals surface area (Å²) in [7, 11) is -0.205. The maximum absolute atomic E-state index is 6.41. The Bertz CT molecular complexity index is 551. The molecule has 0 aliphatic carbocycles. The monoisotopic (exact) mass is 348 g/mol. The summed E-state index contributed by atoms with van der Waals surface area (Å²) in [5.41, 5.74) is 1.22. The first kappa shape index (κ1) is 20.5. The molecule has 0 N–H and O–H groups in total. The Morgan fingerprint density at radius 3 is 2.25 bits per heavy atom. The van der Waals surface area contributed by atoms with E-state index in [0.717, 1.165) is 17.9 Å². The van der Waals surface area contributed by atoms with Gasteiger partial charge in [0.2, 0.25) is 8.32 Å². The van der Waals surface area contributed by atoms with E-state index in [1.54, 1.807) is 7.11 Å². The van der Waals surface area contributed by atoms with Crippen molar-refractivity contribution in [2.45, 2.75) is 52.2 Å². The molecule has 0 spiro atoms. The number of benzene rings is 1. The van der Waals surface area contributed by atoms with Crippen molar-refractivity contribution in [3.8, 4) is 5.75 Å². The lowest BCUT2D eigenvalue weighted by molar-refractivity contribution is 0.0511. The first-order valence-electron chi connectivity index (χ1n) is 8.42. The van der Waals surface area contributed by atoms with Crippen LogP contribution in [0.4, 0.5) is 0 Å². The van der Waals surface area contributed by atoms with Gasteiger partial charge in [-0.1, -0.05) is 39.0 Å². The summed E-state index contributed by atoms with van der Waals surface area (Å²) >= 11 is 0. The Hall–Kier alpha value is -1.52. The van der Waals surface area contributed by atoms with Crippen LogP contribution in [0.15, 0.2) is 48.3 Å². The van der Waals surface area contributed by atoms with Crippen LogP contribution >= 0.6 is 0 Å². The van der Waals surface area contributed by atoms with Gasteiger partial charge in [-0.2, -0.15) is 0 Å². The highest BCUT2D eigenvalue weighted by Gasteiger charge is 2.39. The van der Waals surface area contributed by atoms with Crippen LogP contribution in [0.25, 0.3) is 0 Å². The van der Waals surface area contributed by atoms with Crippen molar-refractivity contribution in [1.82, 2.24) is 0 Å². The third kappa shape index (κ3) is 6.54. The van der Waals surface area contributed by atoms with Crippen LogP contribution in [0.2, 0.25) is 18.1 Å². The first-order chi connectivity index (χ1) is 11.2. The molecule has 4 heteroatoms. The molecule has 0 unspecified atom stereocenters. The molecule has 24 heavy (non-hydrogen) atoms. The molecule has 0 heterocycles. The van der Waals surface area contributed by atoms with Crippen molar-refractivity contribution in [1.29, 1.82) is 0 Å². The highest BCUT2D eigenvalue weighted by atomic mass is 28.4. The summed E-state index contributed by atoms with van der Waals surface area (Å²) in [6, 6.07) is 8.07. The zero-order valence-electron chi connectivity index (χ0n) is 16.2. The smallest absolute Gasteiger partial charge is 0.250 e. The summed E-state index contributed by atoms with van der Waals surface area (Å²) in [4.78, 5) is 0. The summed E-state index contributed by atoms with van der Waals surface area (Å²) in [5, 5.41) is 0.188. The van der Waals surface area contributed by atoms with E-state index in [1.807, 2.05) is 25.1 Å². The minimum absolute atomic E-state index is 0.188. The summed E-state index contributed by atoms with van der Waals surface area (Å²) in [6.07, 6.45) is 7.07. The number of rotatable bonds is 8. The van der Waals surface area contributed by atoms with E-state index in [0.29, 0.717) is 0 Å². The SMILES string of the molecule is C/C=C/C(=C/Cc1ccc(OCOC)cc1)O[Si](C)(C)C(C)(C)C. The zero-order chi connectivity index (χ0) is 18.2. The maximum atomic E-state index is 6.41. The Balaban J connectivity index is 2.79. The van der Waals surface area contributed by atoms with E-state index >= 15 is 0 Å². The number of methoxy groups -OCH3 is 1. The second-order valence-corrected chi connectivity index (χ2v) is 12.1. The van der Waals surface area contributed by atoms with E-state index in [4.69, 9.17) is 13.9 Å². The van der Waals surface area contributed by atoms with Gasteiger partial charge in [0, 0.05) is 7.11 Å². The highest BCUT2D eigenvalue weighted by Crippen LogP contribution is 2.38. The van der Waals surface area contributed by atoms with Gasteiger partial charge in [0.05, 0.1) is 5.76 Å². The summed E-state index contributed by atoms with van der Waals surface area (Å²) < 4.78 is 16.7. The van der Waals surface area contributed by atoms with Crippen molar-refractivity contribution in [2.24, 2.45) is 0 Å². The van der Waals surface area contributed by atoms with E-state index < -0.39 is 8.32 Å². The third-order valence-electron chi connectivity index (χ3n) is 4.32. The molecular formula is C20H32O3Si. The average molecular weight is 349 g/mol. The van der Waals surface area contributed by atoms with Crippen molar-refractivity contribution < 1.29 is 13.9 Å². The lowest BCUT2D eigenvalue weighted by atomic mass is 10.1. The molecule has 0 aliphatic rings. The molecule has 3 nitrogen and oxygen atoms in total. The van der Waals surface area contributed by atoms with Crippen molar-refractivity contribution in [2.75, 3.05) is 13.9 Å². The standard InChI is InChI=1S/C20H32O3Si/c1-8-9-19(23-24(6,7)20(2,3)4)15-12-17-10-13-18(14-11-17)22-16-21-5/h8-11,13-15H,12,16H2,1-7H3/b9-8+,19-15-. The van der Waals surface area contributed by atoms with E-state index in [2.05, 4.69) is 58.2 Å². The van der Waals surface area contributed by atoms with E-state index in [-0.39, 0.29) is 11.8 Å². The minimum Gasteiger partial charge on any atom is -0.544 e. The second-order valence-electron chi connectivity index (χ2n) is 7.37. The predicted octanol–water partition coefficient (Wildman–Crippen LogP) is 5.69. The predicted molar refractivity (Wildman–Crippen MR) is 104 cm³/mol. The molecular weight excluding hydrogens is 316 g/mol. The Kier molecular flexibility index (Phi) is 7.77. The number of hydrogen-bond donors (Lipinski definition) is 0. The molecule has 0 aliphatic heterocycles. The molecule has 134 valence electrons. The number of ether oxygens (including phenoxy) is 2. The van der Waals surface area contributed by atoms with Crippen LogP contribution in [0, 0.1) is 0 Å². The van der Waals surface area contributed by atoms with E-state index in [1.165, 1.54) is 5.56 Å². The van der Waals surface area contributed by atoms with Gasteiger partial charge in [-0.3, -0.25) is 0 Å². The normalized spacial score (nSPS) is 13.4. The van der Waals surface area contributed by atoms with Crippen LogP contribution in [0.1, 0.15) is 33.3 Å². The topological polar surface area (TPSA) is 27.7 Å². The largest absolute Gasteiger partial charge is 0.544 e. The minimum atomic E-state index is -1.82. The quantitative estimate of drug-likeness (QED) is 0.261.